The van der Waals surface area contributed by atoms with Crippen LogP contribution in [-0.2, 0) is 13.6 Å². The van der Waals surface area contributed by atoms with Crippen molar-refractivity contribution in [3.8, 4) is 0 Å². The molecule has 0 aliphatic carbocycles. The second-order valence-electron chi connectivity index (χ2n) is 4.51. The fraction of sp³-hybridized carbons (Fsp3) is 0.700. The van der Waals surface area contributed by atoms with Gasteiger partial charge in [0.05, 0.1) is 11.8 Å². The van der Waals surface area contributed by atoms with Crippen molar-refractivity contribution >= 4 is 0 Å². The molecule has 0 radical (unpaired) electrons. The van der Waals surface area contributed by atoms with Crippen molar-refractivity contribution in [3.05, 3.63) is 18.0 Å². The van der Waals surface area contributed by atoms with E-state index in [2.05, 4.69) is 10.00 Å². The number of aliphatic hydroxyl groups is 1. The number of nitrogens with zero attached hydrogens (tertiary/aromatic N) is 3. The van der Waals surface area contributed by atoms with Gasteiger partial charge in [-0.1, -0.05) is 0 Å². The van der Waals surface area contributed by atoms with Crippen LogP contribution in [-0.4, -0.2) is 39.0 Å². The zero-order chi connectivity index (χ0) is 10.8. The topological polar surface area (TPSA) is 41.3 Å². The Balaban J connectivity index is 2.45. The summed E-state index contributed by atoms with van der Waals surface area (Å²) in [5.74, 6) is 0. The van der Waals surface area contributed by atoms with Crippen molar-refractivity contribution in [2.24, 2.45) is 7.05 Å². The van der Waals surface area contributed by atoms with Gasteiger partial charge in [0.15, 0.2) is 0 Å². The molecule has 4 nitrogen and oxygen atoms in total. The maximum absolute atomic E-state index is 9.61. The smallest absolute Gasteiger partial charge is 0.0718 e. The third-order valence-electron chi connectivity index (χ3n) is 1.87. The Hall–Kier alpha value is -0.870. The van der Waals surface area contributed by atoms with Gasteiger partial charge in [0.25, 0.3) is 0 Å². The molecule has 1 aromatic heterocycles. The van der Waals surface area contributed by atoms with Gasteiger partial charge in [-0.05, 0) is 20.9 Å². The van der Waals surface area contributed by atoms with Crippen LogP contribution in [0.1, 0.15) is 19.4 Å². The molecular formula is C10H19N3O. The van der Waals surface area contributed by atoms with E-state index in [1.54, 1.807) is 4.68 Å². The number of likely N-dealkylation sites (N-methyl/N-ethyl adjacent to an activating group) is 1. The summed E-state index contributed by atoms with van der Waals surface area (Å²) in [5, 5.41) is 13.7. The van der Waals surface area contributed by atoms with E-state index in [1.165, 1.54) is 5.56 Å². The van der Waals surface area contributed by atoms with E-state index in [1.807, 2.05) is 40.3 Å². The van der Waals surface area contributed by atoms with Gasteiger partial charge in [0.2, 0.25) is 0 Å². The molecule has 1 rings (SSSR count). The molecule has 80 valence electrons. The Kier molecular flexibility index (Phi) is 3.29. The van der Waals surface area contributed by atoms with Gasteiger partial charge in [-0.2, -0.15) is 5.10 Å². The van der Waals surface area contributed by atoms with Gasteiger partial charge in [-0.3, -0.25) is 9.58 Å². The third-order valence-corrected chi connectivity index (χ3v) is 1.87. The molecule has 0 fully saturated rings. The highest BCUT2D eigenvalue weighted by atomic mass is 16.3. The molecule has 4 heteroatoms. The van der Waals surface area contributed by atoms with Crippen LogP contribution < -0.4 is 0 Å². The van der Waals surface area contributed by atoms with Crippen molar-refractivity contribution in [3.63, 3.8) is 0 Å². The Morgan fingerprint density at radius 3 is 2.64 bits per heavy atom. The van der Waals surface area contributed by atoms with Gasteiger partial charge in [-0.15, -0.1) is 0 Å². The van der Waals surface area contributed by atoms with Crippen LogP contribution in [0, 0.1) is 0 Å². The molecule has 0 atom stereocenters. The predicted molar refractivity (Wildman–Crippen MR) is 55.8 cm³/mol. The van der Waals surface area contributed by atoms with Crippen LogP contribution in [0.5, 0.6) is 0 Å². The molecule has 0 saturated heterocycles. The molecule has 0 saturated carbocycles. The highest BCUT2D eigenvalue weighted by Crippen LogP contribution is 2.07. The second-order valence-corrected chi connectivity index (χ2v) is 4.51. The third kappa shape index (κ3) is 3.89. The highest BCUT2D eigenvalue weighted by molar-refractivity contribution is 5.03. The lowest BCUT2D eigenvalue weighted by atomic mass is 10.1. The summed E-state index contributed by atoms with van der Waals surface area (Å²) in [7, 11) is 3.89. The predicted octanol–water partition coefficient (Wildman–Crippen LogP) is 0.623. The summed E-state index contributed by atoms with van der Waals surface area (Å²) in [5.41, 5.74) is 0.524. The van der Waals surface area contributed by atoms with Gasteiger partial charge in [-0.25, -0.2) is 0 Å². The molecule has 14 heavy (non-hydrogen) atoms. The molecular weight excluding hydrogens is 178 g/mol. The first-order valence-electron chi connectivity index (χ1n) is 4.75. The SMILES string of the molecule is CN(Cc1cnn(C)c1)CC(C)(C)O. The molecule has 0 aliphatic rings. The van der Waals surface area contributed by atoms with Gasteiger partial charge in [0, 0.05) is 31.9 Å². The lowest BCUT2D eigenvalue weighted by Gasteiger charge is -2.24. The minimum absolute atomic E-state index is 0.642. The molecule has 0 aliphatic heterocycles. The minimum atomic E-state index is -0.642. The largest absolute Gasteiger partial charge is 0.389 e. The van der Waals surface area contributed by atoms with E-state index in [0.29, 0.717) is 6.54 Å². The second kappa shape index (κ2) is 4.11. The average molecular weight is 197 g/mol. The summed E-state index contributed by atoms with van der Waals surface area (Å²) < 4.78 is 1.78. The molecule has 0 amide bonds. The van der Waals surface area contributed by atoms with E-state index < -0.39 is 5.60 Å². The van der Waals surface area contributed by atoms with Crippen molar-refractivity contribution < 1.29 is 5.11 Å². The van der Waals surface area contributed by atoms with Crippen LogP contribution in [0.15, 0.2) is 12.4 Å². The van der Waals surface area contributed by atoms with E-state index >= 15 is 0 Å². The van der Waals surface area contributed by atoms with Crippen LogP contribution in [0.25, 0.3) is 0 Å². The fourth-order valence-corrected chi connectivity index (χ4v) is 1.58. The lowest BCUT2D eigenvalue weighted by Crippen LogP contribution is -2.35. The summed E-state index contributed by atoms with van der Waals surface area (Å²) in [6.07, 6.45) is 3.84. The van der Waals surface area contributed by atoms with E-state index in [9.17, 15) is 5.11 Å². The first-order valence-corrected chi connectivity index (χ1v) is 4.75. The number of hydrogen-bond donors (Lipinski definition) is 1. The average Bonchev–Trinajstić information content (AvgIpc) is 2.30. The molecule has 0 unspecified atom stereocenters. The van der Waals surface area contributed by atoms with Crippen LogP contribution >= 0.6 is 0 Å². The zero-order valence-electron chi connectivity index (χ0n) is 9.36. The van der Waals surface area contributed by atoms with Gasteiger partial charge < -0.3 is 5.11 Å². The van der Waals surface area contributed by atoms with E-state index in [4.69, 9.17) is 0 Å². The molecule has 1 aromatic rings. The molecule has 0 spiro atoms. The number of rotatable bonds is 4. The number of aromatic nitrogens is 2. The maximum atomic E-state index is 9.61. The van der Waals surface area contributed by atoms with Crippen LogP contribution in [0.3, 0.4) is 0 Å². The summed E-state index contributed by atoms with van der Waals surface area (Å²) >= 11 is 0. The van der Waals surface area contributed by atoms with Crippen LogP contribution in [0.4, 0.5) is 0 Å². The molecule has 1 heterocycles. The Morgan fingerprint density at radius 1 is 1.57 bits per heavy atom. The molecule has 0 bridgehead atoms. The van der Waals surface area contributed by atoms with E-state index in [-0.39, 0.29) is 0 Å². The first kappa shape index (κ1) is 11.2. The number of hydrogen-bond acceptors (Lipinski definition) is 3. The summed E-state index contributed by atoms with van der Waals surface area (Å²) in [6, 6.07) is 0. The number of aryl methyl sites for hydroxylation is 1. The monoisotopic (exact) mass is 197 g/mol. The Labute approximate surface area is 85.1 Å². The summed E-state index contributed by atoms with van der Waals surface area (Å²) in [4.78, 5) is 2.08. The van der Waals surface area contributed by atoms with Crippen molar-refractivity contribution in [2.45, 2.75) is 26.0 Å². The maximum Gasteiger partial charge on any atom is 0.0718 e. The normalized spacial score (nSPS) is 12.4. The first-order chi connectivity index (χ1) is 6.37. The van der Waals surface area contributed by atoms with Crippen molar-refractivity contribution in [1.82, 2.24) is 14.7 Å². The van der Waals surface area contributed by atoms with Gasteiger partial charge >= 0.3 is 0 Å². The van der Waals surface area contributed by atoms with Crippen molar-refractivity contribution in [2.75, 3.05) is 13.6 Å². The van der Waals surface area contributed by atoms with E-state index in [0.717, 1.165) is 6.54 Å². The minimum Gasteiger partial charge on any atom is -0.389 e. The van der Waals surface area contributed by atoms with Crippen molar-refractivity contribution in [1.29, 1.82) is 0 Å². The zero-order valence-corrected chi connectivity index (χ0v) is 9.36. The molecule has 1 N–H and O–H groups in total. The Bertz CT molecular complexity index is 288. The van der Waals surface area contributed by atoms with Crippen LogP contribution in [0.2, 0.25) is 0 Å². The highest BCUT2D eigenvalue weighted by Gasteiger charge is 2.15. The molecule has 0 aromatic carbocycles. The summed E-state index contributed by atoms with van der Waals surface area (Å²) in [6.45, 7) is 5.10. The quantitative estimate of drug-likeness (QED) is 0.769. The standard InChI is InChI=1S/C10H19N3O/c1-10(2,14)8-12(3)6-9-5-11-13(4)7-9/h5,7,14H,6,8H2,1-4H3. The Morgan fingerprint density at radius 2 is 2.21 bits per heavy atom. The fourth-order valence-electron chi connectivity index (χ4n) is 1.58. The van der Waals surface area contributed by atoms with Gasteiger partial charge in [0.1, 0.15) is 0 Å². The lowest BCUT2D eigenvalue weighted by molar-refractivity contribution is 0.0425.